The van der Waals surface area contributed by atoms with Crippen LogP contribution in [-0.4, -0.2) is 40.5 Å². The van der Waals surface area contributed by atoms with Crippen LogP contribution in [0.25, 0.3) is 28.0 Å². The molecule has 0 radical (unpaired) electrons. The van der Waals surface area contributed by atoms with E-state index in [0.29, 0.717) is 5.56 Å². The smallest absolute Gasteiger partial charge is 0.137 e. The number of aryl methyl sites for hydroxylation is 1. The highest BCUT2D eigenvalue weighted by atomic mass is 35.5. The second-order valence-corrected chi connectivity index (χ2v) is 9.02. The van der Waals surface area contributed by atoms with Gasteiger partial charge in [0.15, 0.2) is 0 Å². The second-order valence-electron chi connectivity index (χ2n) is 8.58. The molecule has 166 valence electrons. The summed E-state index contributed by atoms with van der Waals surface area (Å²) in [7, 11) is 0. The Bertz CT molecular complexity index is 1330. The van der Waals surface area contributed by atoms with Crippen LogP contribution in [0.2, 0.25) is 5.02 Å². The van der Waals surface area contributed by atoms with Gasteiger partial charge >= 0.3 is 0 Å². The van der Waals surface area contributed by atoms with Crippen molar-refractivity contribution in [2.75, 3.05) is 26.2 Å². The summed E-state index contributed by atoms with van der Waals surface area (Å²) in [6.07, 6.45) is 3.32. The molecule has 6 heteroatoms. The highest BCUT2D eigenvalue weighted by Crippen LogP contribution is 2.30. The van der Waals surface area contributed by atoms with E-state index in [4.69, 9.17) is 16.6 Å². The van der Waals surface area contributed by atoms with E-state index < -0.39 is 0 Å². The van der Waals surface area contributed by atoms with Crippen molar-refractivity contribution < 1.29 is 0 Å². The van der Waals surface area contributed by atoms with Gasteiger partial charge in [-0.1, -0.05) is 35.9 Å². The lowest BCUT2D eigenvalue weighted by molar-refractivity contribution is 0.281. The number of rotatable bonds is 4. The molecule has 0 unspecified atom stereocenters. The molecule has 33 heavy (non-hydrogen) atoms. The number of halogens is 1. The average Bonchev–Trinajstić information content (AvgIpc) is 2.99. The van der Waals surface area contributed by atoms with Gasteiger partial charge in [0.1, 0.15) is 5.65 Å². The molecule has 0 atom stereocenters. The van der Waals surface area contributed by atoms with E-state index in [2.05, 4.69) is 45.1 Å². The Labute approximate surface area is 199 Å². The van der Waals surface area contributed by atoms with Gasteiger partial charge in [-0.15, -0.1) is 0 Å². The number of fused-ring (bicyclic) bond motifs is 1. The summed E-state index contributed by atoms with van der Waals surface area (Å²) in [6.45, 7) is 6.96. The van der Waals surface area contributed by atoms with Crippen LogP contribution >= 0.6 is 11.6 Å². The summed E-state index contributed by atoms with van der Waals surface area (Å²) in [4.78, 5) is 7.52. The molecule has 2 aromatic carbocycles. The van der Waals surface area contributed by atoms with Crippen molar-refractivity contribution in [1.82, 2.24) is 19.6 Å². The van der Waals surface area contributed by atoms with Crippen molar-refractivity contribution in [2.24, 2.45) is 0 Å². The van der Waals surface area contributed by atoms with Crippen molar-refractivity contribution in [2.45, 2.75) is 19.9 Å². The Kier molecular flexibility index (Phi) is 6.15. The van der Waals surface area contributed by atoms with Gasteiger partial charge < -0.3 is 9.72 Å². The predicted octanol–water partition coefficient (Wildman–Crippen LogP) is 5.30. The number of nitrogens with zero attached hydrogens (tertiary/aromatic N) is 4. The third-order valence-corrected chi connectivity index (χ3v) is 6.57. The fraction of sp³-hybridized carbons (Fsp3) is 0.259. The fourth-order valence-corrected chi connectivity index (χ4v) is 4.62. The Balaban J connectivity index is 1.62. The number of imidazole rings is 1. The summed E-state index contributed by atoms with van der Waals surface area (Å²) >= 11 is 6.15. The van der Waals surface area contributed by atoms with Crippen LogP contribution in [0.5, 0.6) is 0 Å². The standard InChI is InChI=1S/C27H26ClN5/c1-19-15-21(3-4-22(19)16-29)23-7-10-26-31-27(20-5-8-24(28)9-6-20)25(33(26)17-23)18-32-13-2-11-30-12-14-32/h3-10,15,17,30H,2,11-14,18H2,1H3. The molecular weight excluding hydrogens is 430 g/mol. The summed E-state index contributed by atoms with van der Waals surface area (Å²) in [5.41, 5.74) is 8.08. The maximum atomic E-state index is 9.28. The molecule has 1 N–H and O–H groups in total. The third-order valence-electron chi connectivity index (χ3n) is 6.32. The molecule has 5 rings (SSSR count). The van der Waals surface area contributed by atoms with E-state index in [1.807, 2.05) is 43.3 Å². The number of aromatic nitrogens is 2. The molecule has 4 aromatic rings. The Morgan fingerprint density at radius 2 is 1.79 bits per heavy atom. The molecule has 5 nitrogen and oxygen atoms in total. The quantitative estimate of drug-likeness (QED) is 0.454. The first kappa shape index (κ1) is 21.7. The van der Waals surface area contributed by atoms with Gasteiger partial charge in [-0.25, -0.2) is 4.98 Å². The van der Waals surface area contributed by atoms with Crippen LogP contribution in [0.3, 0.4) is 0 Å². The molecule has 0 aliphatic carbocycles. The topological polar surface area (TPSA) is 56.4 Å². The van der Waals surface area contributed by atoms with Gasteiger partial charge in [0.2, 0.25) is 0 Å². The zero-order valence-electron chi connectivity index (χ0n) is 18.7. The Morgan fingerprint density at radius 3 is 2.58 bits per heavy atom. The molecule has 1 aliphatic heterocycles. The van der Waals surface area contributed by atoms with E-state index in [9.17, 15) is 5.26 Å². The van der Waals surface area contributed by atoms with E-state index in [1.165, 1.54) is 5.69 Å². The first-order chi connectivity index (χ1) is 16.1. The maximum absolute atomic E-state index is 9.28. The lowest BCUT2D eigenvalue weighted by Crippen LogP contribution is -2.28. The second kappa shape index (κ2) is 9.36. The van der Waals surface area contributed by atoms with Crippen LogP contribution in [0, 0.1) is 18.3 Å². The number of hydrogen-bond donors (Lipinski definition) is 1. The average molecular weight is 456 g/mol. The van der Waals surface area contributed by atoms with Gasteiger partial charge in [-0.2, -0.15) is 5.26 Å². The lowest BCUT2D eigenvalue weighted by Gasteiger charge is -2.20. The number of pyridine rings is 1. The zero-order chi connectivity index (χ0) is 22.8. The van der Waals surface area contributed by atoms with Gasteiger partial charge in [0, 0.05) is 36.4 Å². The molecular formula is C27H26ClN5. The van der Waals surface area contributed by atoms with Gasteiger partial charge in [-0.3, -0.25) is 4.90 Å². The molecule has 1 saturated heterocycles. The highest BCUT2D eigenvalue weighted by Gasteiger charge is 2.19. The summed E-state index contributed by atoms with van der Waals surface area (Å²) in [6, 6.07) is 20.4. The molecule has 0 spiro atoms. The van der Waals surface area contributed by atoms with E-state index in [-0.39, 0.29) is 0 Å². The first-order valence-corrected chi connectivity index (χ1v) is 11.7. The van der Waals surface area contributed by atoms with Crippen molar-refractivity contribution >= 4 is 17.2 Å². The molecule has 1 aliphatic rings. The largest absolute Gasteiger partial charge is 0.315 e. The van der Waals surface area contributed by atoms with Crippen LogP contribution < -0.4 is 5.32 Å². The molecule has 3 heterocycles. The maximum Gasteiger partial charge on any atom is 0.137 e. The number of nitriles is 1. The van der Waals surface area contributed by atoms with Crippen molar-refractivity contribution in [3.63, 3.8) is 0 Å². The van der Waals surface area contributed by atoms with E-state index in [0.717, 1.165) is 77.8 Å². The van der Waals surface area contributed by atoms with E-state index in [1.54, 1.807) is 0 Å². The normalized spacial score (nSPS) is 14.8. The van der Waals surface area contributed by atoms with Gasteiger partial charge in [0.05, 0.1) is 23.0 Å². The zero-order valence-corrected chi connectivity index (χ0v) is 19.4. The summed E-state index contributed by atoms with van der Waals surface area (Å²) in [5, 5.41) is 13.5. The van der Waals surface area contributed by atoms with Gasteiger partial charge in [0.25, 0.3) is 0 Å². The monoisotopic (exact) mass is 455 g/mol. The molecule has 0 saturated carbocycles. The van der Waals surface area contributed by atoms with Crippen LogP contribution in [0.15, 0.2) is 60.8 Å². The summed E-state index contributed by atoms with van der Waals surface area (Å²) < 4.78 is 2.23. The van der Waals surface area contributed by atoms with Crippen molar-refractivity contribution in [3.8, 4) is 28.5 Å². The molecule has 1 fully saturated rings. The van der Waals surface area contributed by atoms with Crippen molar-refractivity contribution in [1.29, 1.82) is 5.26 Å². The number of benzene rings is 2. The highest BCUT2D eigenvalue weighted by molar-refractivity contribution is 6.30. The van der Waals surface area contributed by atoms with Crippen molar-refractivity contribution in [3.05, 3.63) is 82.6 Å². The predicted molar refractivity (Wildman–Crippen MR) is 133 cm³/mol. The lowest BCUT2D eigenvalue weighted by atomic mass is 10.0. The minimum absolute atomic E-state index is 0.711. The Morgan fingerprint density at radius 1 is 1.00 bits per heavy atom. The van der Waals surface area contributed by atoms with Crippen LogP contribution in [0.1, 0.15) is 23.2 Å². The molecule has 0 bridgehead atoms. The third kappa shape index (κ3) is 4.51. The number of nitrogens with one attached hydrogen (secondary N) is 1. The first-order valence-electron chi connectivity index (χ1n) is 11.3. The SMILES string of the molecule is Cc1cc(-c2ccc3nc(-c4ccc(Cl)cc4)c(CN4CCCNCC4)n3c2)ccc1C#N. The molecule has 0 amide bonds. The Hall–Kier alpha value is -3.17. The number of hydrogen-bond acceptors (Lipinski definition) is 4. The van der Waals surface area contributed by atoms with Gasteiger partial charge in [-0.05, 0) is 73.5 Å². The fourth-order valence-electron chi connectivity index (χ4n) is 4.49. The van der Waals surface area contributed by atoms with E-state index >= 15 is 0 Å². The van der Waals surface area contributed by atoms with Crippen LogP contribution in [-0.2, 0) is 6.54 Å². The molecule has 2 aromatic heterocycles. The summed E-state index contributed by atoms with van der Waals surface area (Å²) in [5.74, 6) is 0. The minimum Gasteiger partial charge on any atom is -0.315 e. The van der Waals surface area contributed by atoms with Crippen LogP contribution in [0.4, 0.5) is 0 Å². The minimum atomic E-state index is 0.711.